The number of fused-ring (bicyclic) bond motifs is 1. The summed E-state index contributed by atoms with van der Waals surface area (Å²) in [4.78, 5) is 0. The molecule has 2 fully saturated rings. The average molecular weight is 351 g/mol. The number of ether oxygens (including phenoxy) is 2. The molecule has 0 aromatic carbocycles. The van der Waals surface area contributed by atoms with Gasteiger partial charge in [0.05, 0.1) is 13.2 Å². The van der Waals surface area contributed by atoms with E-state index in [1.54, 1.807) is 0 Å². The Kier molecular flexibility index (Phi) is 5.97. The second-order valence-corrected chi connectivity index (χ2v) is 9.24. The topological polar surface area (TPSA) is 38.7 Å². The predicted molar refractivity (Wildman–Crippen MR) is 101 cm³/mol. The van der Waals surface area contributed by atoms with Crippen LogP contribution in [0.4, 0.5) is 0 Å². The summed E-state index contributed by atoms with van der Waals surface area (Å²) < 4.78 is 11.4. The van der Waals surface area contributed by atoms with Crippen LogP contribution < -0.4 is 0 Å². The summed E-state index contributed by atoms with van der Waals surface area (Å²) >= 11 is 0. The summed E-state index contributed by atoms with van der Waals surface area (Å²) in [6.45, 7) is 11.3. The second kappa shape index (κ2) is 7.70. The molecule has 3 heteroatoms. The number of allylic oxidation sites excluding steroid dienone is 1. The normalized spacial score (nSPS) is 44.4. The Morgan fingerprint density at radius 2 is 2.12 bits per heavy atom. The first-order valence-corrected chi connectivity index (χ1v) is 10.5. The molecule has 1 aliphatic heterocycles. The van der Waals surface area contributed by atoms with E-state index < -0.39 is 0 Å². The van der Waals surface area contributed by atoms with Gasteiger partial charge in [0.1, 0.15) is 0 Å². The van der Waals surface area contributed by atoms with Crippen molar-refractivity contribution in [3.05, 3.63) is 11.6 Å². The number of rotatable bonds is 6. The number of hydrogen-bond donors (Lipinski definition) is 1. The van der Waals surface area contributed by atoms with Gasteiger partial charge < -0.3 is 14.6 Å². The third kappa shape index (κ3) is 3.57. The minimum absolute atomic E-state index is 0.0236. The molecule has 0 aromatic rings. The van der Waals surface area contributed by atoms with Gasteiger partial charge in [-0.05, 0) is 79.6 Å². The highest BCUT2D eigenvalue weighted by molar-refractivity contribution is 5.22. The Bertz CT molecular complexity index is 488. The fourth-order valence-electron chi connectivity index (χ4n) is 6.12. The fourth-order valence-corrected chi connectivity index (χ4v) is 6.12. The van der Waals surface area contributed by atoms with E-state index in [-0.39, 0.29) is 18.3 Å². The lowest BCUT2D eigenvalue weighted by molar-refractivity contribution is -0.106. The summed E-state index contributed by atoms with van der Waals surface area (Å²) in [5.41, 5.74) is 1.88. The maximum atomic E-state index is 9.91. The molecule has 1 saturated carbocycles. The molecule has 1 saturated heterocycles. The van der Waals surface area contributed by atoms with Crippen molar-refractivity contribution >= 4 is 0 Å². The lowest BCUT2D eigenvalue weighted by Gasteiger charge is -2.58. The first-order valence-electron chi connectivity index (χ1n) is 10.5. The molecule has 3 aliphatic rings. The van der Waals surface area contributed by atoms with Crippen LogP contribution in [0, 0.1) is 28.6 Å². The Morgan fingerprint density at radius 1 is 1.32 bits per heavy atom. The monoisotopic (exact) mass is 350 g/mol. The molecule has 25 heavy (non-hydrogen) atoms. The first-order chi connectivity index (χ1) is 11.9. The van der Waals surface area contributed by atoms with E-state index in [4.69, 9.17) is 9.47 Å². The van der Waals surface area contributed by atoms with Crippen LogP contribution >= 0.6 is 0 Å². The Morgan fingerprint density at radius 3 is 2.84 bits per heavy atom. The molecule has 3 nitrogen and oxygen atoms in total. The van der Waals surface area contributed by atoms with E-state index in [1.165, 1.54) is 37.7 Å². The molecule has 0 aromatic heterocycles. The largest absolute Gasteiger partial charge is 0.392 e. The molecule has 0 bridgehead atoms. The third-order valence-electron chi connectivity index (χ3n) is 8.03. The van der Waals surface area contributed by atoms with Crippen molar-refractivity contribution in [1.82, 2.24) is 0 Å². The maximum Gasteiger partial charge on any atom is 0.157 e. The third-order valence-corrected chi connectivity index (χ3v) is 8.03. The number of aliphatic hydroxyl groups is 1. The van der Waals surface area contributed by atoms with Gasteiger partial charge in [-0.1, -0.05) is 26.8 Å². The van der Waals surface area contributed by atoms with Crippen LogP contribution in [0.25, 0.3) is 0 Å². The maximum absolute atomic E-state index is 9.91. The highest BCUT2D eigenvalue weighted by Gasteiger charge is 2.53. The lowest BCUT2D eigenvalue weighted by Crippen LogP contribution is -2.50. The second-order valence-electron chi connectivity index (χ2n) is 9.24. The summed E-state index contributed by atoms with van der Waals surface area (Å²) in [6.07, 6.45) is 10.9. The van der Waals surface area contributed by atoms with Crippen molar-refractivity contribution < 1.29 is 14.6 Å². The molecule has 6 unspecified atom stereocenters. The summed E-state index contributed by atoms with van der Waals surface area (Å²) in [7, 11) is 0. The first kappa shape index (κ1) is 19.4. The zero-order valence-electron chi connectivity index (χ0n) is 16.7. The van der Waals surface area contributed by atoms with Crippen molar-refractivity contribution in [3.8, 4) is 0 Å². The molecule has 1 N–H and O–H groups in total. The van der Waals surface area contributed by atoms with Crippen molar-refractivity contribution in [2.45, 2.75) is 78.9 Å². The van der Waals surface area contributed by atoms with Crippen molar-refractivity contribution in [2.24, 2.45) is 28.6 Å². The van der Waals surface area contributed by atoms with Gasteiger partial charge >= 0.3 is 0 Å². The van der Waals surface area contributed by atoms with Crippen molar-refractivity contribution in [3.63, 3.8) is 0 Å². The Hall–Kier alpha value is -0.380. The molecule has 3 rings (SSSR count). The quantitative estimate of drug-likeness (QED) is 0.690. The SMILES string of the molecule is CCOC1CC(CCC2(C)C(C)CCC3(C)C(CO)=CCCC32)CO1. The van der Waals surface area contributed by atoms with Crippen LogP contribution in [0.15, 0.2) is 11.6 Å². The highest BCUT2D eigenvalue weighted by atomic mass is 16.7. The van der Waals surface area contributed by atoms with Gasteiger partial charge in [-0.2, -0.15) is 0 Å². The van der Waals surface area contributed by atoms with Crippen LogP contribution in [0.1, 0.15) is 72.6 Å². The molecular weight excluding hydrogens is 312 g/mol. The summed E-state index contributed by atoms with van der Waals surface area (Å²) in [5, 5.41) is 9.91. The van der Waals surface area contributed by atoms with Crippen LogP contribution in [0.5, 0.6) is 0 Å². The van der Waals surface area contributed by atoms with E-state index in [0.29, 0.717) is 17.3 Å². The molecule has 6 atom stereocenters. The molecule has 144 valence electrons. The standard InChI is InChI=1S/C22H38O3/c1-5-24-20-13-17(15-25-20)10-12-21(3)16(2)9-11-22(4)18(14-23)7-6-8-19(21)22/h7,16-17,19-20,23H,5-6,8-15H2,1-4H3. The molecule has 0 amide bonds. The van der Waals surface area contributed by atoms with Gasteiger partial charge in [-0.25, -0.2) is 0 Å². The van der Waals surface area contributed by atoms with E-state index in [9.17, 15) is 5.11 Å². The van der Waals surface area contributed by atoms with Crippen LogP contribution in [-0.2, 0) is 9.47 Å². The lowest BCUT2D eigenvalue weighted by atomic mass is 9.46. The van der Waals surface area contributed by atoms with Crippen molar-refractivity contribution in [1.29, 1.82) is 0 Å². The van der Waals surface area contributed by atoms with Gasteiger partial charge in [0, 0.05) is 13.0 Å². The van der Waals surface area contributed by atoms with E-state index in [0.717, 1.165) is 32.0 Å². The molecule has 0 spiro atoms. The highest BCUT2D eigenvalue weighted by Crippen LogP contribution is 2.62. The summed E-state index contributed by atoms with van der Waals surface area (Å²) in [6, 6.07) is 0. The van der Waals surface area contributed by atoms with Gasteiger partial charge in [0.15, 0.2) is 6.29 Å². The molecular formula is C22H38O3. The molecule has 2 aliphatic carbocycles. The fraction of sp³-hybridized carbons (Fsp3) is 0.909. The smallest absolute Gasteiger partial charge is 0.157 e. The van der Waals surface area contributed by atoms with E-state index in [1.807, 2.05) is 6.92 Å². The van der Waals surface area contributed by atoms with Crippen LogP contribution in [0.3, 0.4) is 0 Å². The van der Waals surface area contributed by atoms with E-state index >= 15 is 0 Å². The zero-order chi connectivity index (χ0) is 18.1. The Balaban J connectivity index is 1.69. The van der Waals surface area contributed by atoms with Crippen molar-refractivity contribution in [2.75, 3.05) is 19.8 Å². The minimum Gasteiger partial charge on any atom is -0.392 e. The van der Waals surface area contributed by atoms with Crippen LogP contribution in [-0.4, -0.2) is 31.2 Å². The predicted octanol–water partition coefficient (Wildman–Crippen LogP) is 4.94. The van der Waals surface area contributed by atoms with E-state index in [2.05, 4.69) is 26.8 Å². The molecule has 1 heterocycles. The Labute approximate surface area is 154 Å². The zero-order valence-corrected chi connectivity index (χ0v) is 16.7. The van der Waals surface area contributed by atoms with Crippen LogP contribution in [0.2, 0.25) is 0 Å². The minimum atomic E-state index is 0.0236. The van der Waals surface area contributed by atoms with Gasteiger partial charge in [0.2, 0.25) is 0 Å². The van der Waals surface area contributed by atoms with Gasteiger partial charge in [-0.3, -0.25) is 0 Å². The average Bonchev–Trinajstić information content (AvgIpc) is 3.05. The number of hydrogen-bond acceptors (Lipinski definition) is 3. The van der Waals surface area contributed by atoms with Gasteiger partial charge in [-0.15, -0.1) is 0 Å². The number of aliphatic hydroxyl groups excluding tert-OH is 1. The summed E-state index contributed by atoms with van der Waals surface area (Å²) in [5.74, 6) is 2.10. The van der Waals surface area contributed by atoms with Gasteiger partial charge in [0.25, 0.3) is 0 Å². The molecule has 0 radical (unpaired) electrons.